The van der Waals surface area contributed by atoms with Crippen molar-refractivity contribution in [3.05, 3.63) is 36.7 Å². The Kier molecular flexibility index (Phi) is 2.58. The van der Waals surface area contributed by atoms with Crippen molar-refractivity contribution in [1.29, 1.82) is 0 Å². The molecule has 0 aliphatic carbocycles. The predicted molar refractivity (Wildman–Crippen MR) is 54.2 cm³/mol. The van der Waals surface area contributed by atoms with Crippen LogP contribution in [-0.2, 0) is 0 Å². The van der Waals surface area contributed by atoms with E-state index in [1.165, 1.54) is 4.57 Å². The van der Waals surface area contributed by atoms with Crippen LogP contribution in [-0.4, -0.2) is 10.6 Å². The Balaban J connectivity index is 0.000000845. The molecule has 1 amide bonds. The summed E-state index contributed by atoms with van der Waals surface area (Å²) in [5, 5.41) is 2.05. The van der Waals surface area contributed by atoms with Gasteiger partial charge in [-0.05, 0) is 10.8 Å². The normalized spacial score (nSPS) is 9.54. The lowest BCUT2D eigenvalue weighted by Gasteiger charge is -1.89. The van der Waals surface area contributed by atoms with Crippen LogP contribution >= 0.6 is 12.4 Å². The van der Waals surface area contributed by atoms with Crippen molar-refractivity contribution in [2.75, 3.05) is 0 Å². The summed E-state index contributed by atoms with van der Waals surface area (Å²) in [6, 6.07) is 7.27. The Morgan fingerprint density at radius 1 is 1.15 bits per heavy atom. The molecule has 1 aromatic carbocycles. The van der Waals surface area contributed by atoms with Crippen LogP contribution in [0.3, 0.4) is 0 Å². The summed E-state index contributed by atoms with van der Waals surface area (Å²) in [5.41, 5.74) is 5.10. The smallest absolute Gasteiger partial charge is 0.322 e. The second kappa shape index (κ2) is 3.49. The van der Waals surface area contributed by atoms with Gasteiger partial charge in [-0.2, -0.15) is 0 Å². The SMILES string of the molecule is Cl.NC(=O)n1cc2ccccc2c1. The number of primary amides is 1. The fraction of sp³-hybridized carbons (Fsp3) is 0. The summed E-state index contributed by atoms with van der Waals surface area (Å²) in [4.78, 5) is 10.8. The Labute approximate surface area is 81.6 Å². The summed E-state index contributed by atoms with van der Waals surface area (Å²) in [6.45, 7) is 0. The molecule has 68 valence electrons. The second-order valence-electron chi connectivity index (χ2n) is 2.63. The molecule has 13 heavy (non-hydrogen) atoms. The second-order valence-corrected chi connectivity index (χ2v) is 2.63. The van der Waals surface area contributed by atoms with E-state index >= 15 is 0 Å². The molecule has 1 heterocycles. The van der Waals surface area contributed by atoms with Crippen molar-refractivity contribution in [2.45, 2.75) is 0 Å². The zero-order valence-corrected chi connectivity index (χ0v) is 7.62. The third kappa shape index (κ3) is 1.65. The molecule has 2 N–H and O–H groups in total. The minimum atomic E-state index is -0.453. The number of fused-ring (bicyclic) bond motifs is 1. The number of aromatic nitrogens is 1. The van der Waals surface area contributed by atoms with Crippen LogP contribution in [0.15, 0.2) is 36.7 Å². The van der Waals surface area contributed by atoms with Crippen LogP contribution in [0.25, 0.3) is 10.8 Å². The lowest BCUT2D eigenvalue weighted by Crippen LogP contribution is -2.17. The van der Waals surface area contributed by atoms with Gasteiger partial charge < -0.3 is 5.73 Å². The van der Waals surface area contributed by atoms with Crippen molar-refractivity contribution >= 4 is 29.2 Å². The molecule has 4 heteroatoms. The number of halogens is 1. The van der Waals surface area contributed by atoms with Gasteiger partial charge in [0.2, 0.25) is 0 Å². The Morgan fingerprint density at radius 3 is 2.00 bits per heavy atom. The highest BCUT2D eigenvalue weighted by atomic mass is 35.5. The minimum absolute atomic E-state index is 0. The molecule has 0 aliphatic rings. The highest BCUT2D eigenvalue weighted by molar-refractivity contribution is 5.87. The highest BCUT2D eigenvalue weighted by Gasteiger charge is 1.99. The molecule has 2 aromatic rings. The van der Waals surface area contributed by atoms with Gasteiger partial charge in [-0.1, -0.05) is 24.3 Å². The van der Waals surface area contributed by atoms with Gasteiger partial charge in [0.25, 0.3) is 0 Å². The van der Waals surface area contributed by atoms with E-state index in [1.54, 1.807) is 12.4 Å². The maximum absolute atomic E-state index is 10.8. The molecule has 1 aromatic heterocycles. The number of amides is 1. The van der Waals surface area contributed by atoms with Crippen LogP contribution in [0.1, 0.15) is 0 Å². The minimum Gasteiger partial charge on any atom is -0.351 e. The first-order valence-corrected chi connectivity index (χ1v) is 3.64. The van der Waals surface area contributed by atoms with Gasteiger partial charge >= 0.3 is 6.03 Å². The lowest BCUT2D eigenvalue weighted by molar-refractivity contribution is 0.250. The monoisotopic (exact) mass is 196 g/mol. The standard InChI is InChI=1S/C9H8N2O.ClH/c10-9(12)11-5-7-3-1-2-4-8(7)6-11;/h1-6H,(H2,10,12);1H. The van der Waals surface area contributed by atoms with Gasteiger partial charge in [0.15, 0.2) is 0 Å². The zero-order valence-electron chi connectivity index (χ0n) is 6.81. The van der Waals surface area contributed by atoms with Gasteiger partial charge in [-0.15, -0.1) is 12.4 Å². The van der Waals surface area contributed by atoms with E-state index in [0.717, 1.165) is 10.8 Å². The maximum atomic E-state index is 10.8. The average molecular weight is 197 g/mol. The Bertz CT molecular complexity index is 403. The van der Waals surface area contributed by atoms with E-state index < -0.39 is 6.03 Å². The number of hydrogen-bond acceptors (Lipinski definition) is 1. The first-order chi connectivity index (χ1) is 5.77. The molecule has 3 nitrogen and oxygen atoms in total. The molecule has 0 atom stereocenters. The Morgan fingerprint density at radius 2 is 1.62 bits per heavy atom. The van der Waals surface area contributed by atoms with Crippen LogP contribution < -0.4 is 5.73 Å². The van der Waals surface area contributed by atoms with Crippen LogP contribution in [0, 0.1) is 0 Å². The number of rotatable bonds is 0. The third-order valence-corrected chi connectivity index (χ3v) is 1.81. The van der Waals surface area contributed by atoms with Gasteiger partial charge in [0.05, 0.1) is 0 Å². The number of carbonyl (C=O) groups excluding carboxylic acids is 1. The molecule has 0 aliphatic heterocycles. The van der Waals surface area contributed by atoms with E-state index in [-0.39, 0.29) is 12.4 Å². The van der Waals surface area contributed by atoms with Crippen molar-refractivity contribution in [3.8, 4) is 0 Å². The highest BCUT2D eigenvalue weighted by Crippen LogP contribution is 2.13. The molecule has 0 unspecified atom stereocenters. The summed E-state index contributed by atoms with van der Waals surface area (Å²) >= 11 is 0. The first-order valence-electron chi connectivity index (χ1n) is 3.64. The summed E-state index contributed by atoms with van der Waals surface area (Å²) in [7, 11) is 0. The molecule has 0 bridgehead atoms. The fourth-order valence-corrected chi connectivity index (χ4v) is 1.21. The molecule has 0 saturated carbocycles. The van der Waals surface area contributed by atoms with Crippen LogP contribution in [0.5, 0.6) is 0 Å². The molecular formula is C9H9ClN2O. The number of carbonyl (C=O) groups is 1. The number of nitrogens with zero attached hydrogens (tertiary/aromatic N) is 1. The van der Waals surface area contributed by atoms with Crippen molar-refractivity contribution in [2.24, 2.45) is 5.73 Å². The van der Waals surface area contributed by atoms with Crippen molar-refractivity contribution in [1.82, 2.24) is 4.57 Å². The molecule has 0 radical (unpaired) electrons. The van der Waals surface area contributed by atoms with Gasteiger partial charge in [-0.25, -0.2) is 4.79 Å². The molecular weight excluding hydrogens is 188 g/mol. The number of hydrogen-bond donors (Lipinski definition) is 1. The molecule has 2 rings (SSSR count). The van der Waals surface area contributed by atoms with Crippen LogP contribution in [0.4, 0.5) is 4.79 Å². The third-order valence-electron chi connectivity index (χ3n) is 1.81. The topological polar surface area (TPSA) is 48.0 Å². The van der Waals surface area contributed by atoms with Crippen LogP contribution in [0.2, 0.25) is 0 Å². The van der Waals surface area contributed by atoms with E-state index in [9.17, 15) is 4.79 Å². The average Bonchev–Trinajstić information content (AvgIpc) is 2.46. The van der Waals surface area contributed by atoms with E-state index in [0.29, 0.717) is 0 Å². The largest absolute Gasteiger partial charge is 0.351 e. The van der Waals surface area contributed by atoms with E-state index in [4.69, 9.17) is 5.73 Å². The van der Waals surface area contributed by atoms with Crippen molar-refractivity contribution < 1.29 is 4.79 Å². The fourth-order valence-electron chi connectivity index (χ4n) is 1.21. The molecule has 0 spiro atoms. The van der Waals surface area contributed by atoms with Crippen molar-refractivity contribution in [3.63, 3.8) is 0 Å². The maximum Gasteiger partial charge on any atom is 0.322 e. The molecule has 0 saturated heterocycles. The zero-order chi connectivity index (χ0) is 8.55. The van der Waals surface area contributed by atoms with E-state index in [1.807, 2.05) is 24.3 Å². The molecule has 0 fully saturated rings. The van der Waals surface area contributed by atoms with Gasteiger partial charge in [-0.3, -0.25) is 4.57 Å². The quantitative estimate of drug-likeness (QED) is 0.688. The summed E-state index contributed by atoms with van der Waals surface area (Å²) < 4.78 is 1.38. The predicted octanol–water partition coefficient (Wildman–Crippen LogP) is 1.99. The summed E-state index contributed by atoms with van der Waals surface area (Å²) in [5.74, 6) is 0. The number of benzene rings is 1. The first kappa shape index (κ1) is 9.61. The number of nitrogens with two attached hydrogens (primary N) is 1. The summed E-state index contributed by atoms with van der Waals surface area (Å²) in [6.07, 6.45) is 3.44. The lowest BCUT2D eigenvalue weighted by atomic mass is 10.2. The van der Waals surface area contributed by atoms with Gasteiger partial charge in [0, 0.05) is 12.4 Å². The Hall–Kier alpha value is -1.48. The van der Waals surface area contributed by atoms with E-state index in [2.05, 4.69) is 0 Å². The van der Waals surface area contributed by atoms with Gasteiger partial charge in [0.1, 0.15) is 0 Å².